The zero-order valence-corrected chi connectivity index (χ0v) is 11.8. The molecule has 0 saturated heterocycles. The van der Waals surface area contributed by atoms with Gasteiger partial charge >= 0.3 is 0 Å². The second kappa shape index (κ2) is 7.50. The molecule has 0 aromatic heterocycles. The standard InChI is InChI=1S/C16H27N/c1-5-13(2)12-16(17-4)11-10-15-8-6-14(3)7-9-15/h6-9,13,16-17H,5,10-12H2,1-4H3. The average Bonchev–Trinajstić information content (AvgIpc) is 2.36. The molecule has 1 rings (SSSR count). The largest absolute Gasteiger partial charge is 0.317 e. The molecule has 1 nitrogen and oxygen atoms in total. The van der Waals surface area contributed by atoms with Crippen LogP contribution in [-0.4, -0.2) is 13.1 Å². The van der Waals surface area contributed by atoms with Gasteiger partial charge < -0.3 is 5.32 Å². The molecule has 0 aliphatic carbocycles. The lowest BCUT2D eigenvalue weighted by atomic mass is 9.95. The Hall–Kier alpha value is -0.820. The van der Waals surface area contributed by atoms with Crippen molar-refractivity contribution in [1.82, 2.24) is 5.32 Å². The van der Waals surface area contributed by atoms with Gasteiger partial charge in [-0.3, -0.25) is 0 Å². The molecule has 0 aliphatic heterocycles. The number of rotatable bonds is 7. The molecule has 0 amide bonds. The van der Waals surface area contributed by atoms with Gasteiger partial charge in [0.05, 0.1) is 0 Å². The summed E-state index contributed by atoms with van der Waals surface area (Å²) in [5, 5.41) is 3.45. The highest BCUT2D eigenvalue weighted by molar-refractivity contribution is 5.21. The van der Waals surface area contributed by atoms with E-state index >= 15 is 0 Å². The van der Waals surface area contributed by atoms with Crippen molar-refractivity contribution >= 4 is 0 Å². The summed E-state index contributed by atoms with van der Waals surface area (Å²) in [7, 11) is 2.09. The summed E-state index contributed by atoms with van der Waals surface area (Å²) < 4.78 is 0. The van der Waals surface area contributed by atoms with Crippen LogP contribution >= 0.6 is 0 Å². The van der Waals surface area contributed by atoms with Gasteiger partial charge in [0.15, 0.2) is 0 Å². The van der Waals surface area contributed by atoms with E-state index in [0.717, 1.165) is 5.92 Å². The van der Waals surface area contributed by atoms with E-state index in [0.29, 0.717) is 6.04 Å². The van der Waals surface area contributed by atoms with E-state index in [4.69, 9.17) is 0 Å². The summed E-state index contributed by atoms with van der Waals surface area (Å²) in [6.45, 7) is 6.76. The predicted molar refractivity (Wildman–Crippen MR) is 76.4 cm³/mol. The molecule has 1 aromatic carbocycles. The van der Waals surface area contributed by atoms with Gasteiger partial charge in [0.1, 0.15) is 0 Å². The molecule has 2 atom stereocenters. The van der Waals surface area contributed by atoms with Crippen molar-refractivity contribution in [2.45, 2.75) is 52.5 Å². The first kappa shape index (κ1) is 14.2. The van der Waals surface area contributed by atoms with Gasteiger partial charge in [-0.2, -0.15) is 0 Å². The molecular weight excluding hydrogens is 206 g/mol. The van der Waals surface area contributed by atoms with Crippen molar-refractivity contribution in [2.24, 2.45) is 5.92 Å². The highest BCUT2D eigenvalue weighted by Gasteiger charge is 2.10. The van der Waals surface area contributed by atoms with Gasteiger partial charge in [0.2, 0.25) is 0 Å². The maximum absolute atomic E-state index is 3.45. The lowest BCUT2D eigenvalue weighted by Gasteiger charge is -2.19. The van der Waals surface area contributed by atoms with E-state index in [-0.39, 0.29) is 0 Å². The minimum absolute atomic E-state index is 0.659. The number of hydrogen-bond acceptors (Lipinski definition) is 1. The Morgan fingerprint density at radius 3 is 2.35 bits per heavy atom. The molecule has 0 spiro atoms. The van der Waals surface area contributed by atoms with E-state index < -0.39 is 0 Å². The van der Waals surface area contributed by atoms with Crippen molar-refractivity contribution < 1.29 is 0 Å². The van der Waals surface area contributed by atoms with E-state index in [9.17, 15) is 0 Å². The third kappa shape index (κ3) is 5.36. The molecule has 0 bridgehead atoms. The maximum atomic E-state index is 3.45. The second-order valence-corrected chi connectivity index (χ2v) is 5.26. The van der Waals surface area contributed by atoms with Crippen molar-refractivity contribution in [2.75, 3.05) is 7.05 Å². The van der Waals surface area contributed by atoms with E-state index in [1.807, 2.05) is 0 Å². The van der Waals surface area contributed by atoms with Crippen LogP contribution in [0.2, 0.25) is 0 Å². The summed E-state index contributed by atoms with van der Waals surface area (Å²) in [6.07, 6.45) is 4.99. The molecule has 1 heteroatoms. The Balaban J connectivity index is 2.39. The van der Waals surface area contributed by atoms with Crippen LogP contribution in [0.15, 0.2) is 24.3 Å². The fourth-order valence-electron chi connectivity index (χ4n) is 2.13. The topological polar surface area (TPSA) is 12.0 Å². The first-order valence-corrected chi connectivity index (χ1v) is 6.88. The Bertz CT molecular complexity index is 302. The molecule has 1 N–H and O–H groups in total. The zero-order valence-electron chi connectivity index (χ0n) is 11.8. The van der Waals surface area contributed by atoms with Crippen LogP contribution < -0.4 is 5.32 Å². The van der Waals surface area contributed by atoms with Crippen LogP contribution in [0, 0.1) is 12.8 Å². The number of aryl methyl sites for hydroxylation is 2. The quantitative estimate of drug-likeness (QED) is 0.752. The van der Waals surface area contributed by atoms with E-state index in [1.54, 1.807) is 0 Å². The molecule has 0 saturated carbocycles. The lowest BCUT2D eigenvalue weighted by molar-refractivity contribution is 0.395. The van der Waals surface area contributed by atoms with Crippen LogP contribution in [0.5, 0.6) is 0 Å². The third-order valence-corrected chi connectivity index (χ3v) is 3.69. The molecular formula is C16H27N. The fourth-order valence-corrected chi connectivity index (χ4v) is 2.13. The lowest BCUT2D eigenvalue weighted by Crippen LogP contribution is -2.27. The summed E-state index contributed by atoms with van der Waals surface area (Å²) >= 11 is 0. The normalized spacial score (nSPS) is 14.6. The summed E-state index contributed by atoms with van der Waals surface area (Å²) in [4.78, 5) is 0. The monoisotopic (exact) mass is 233 g/mol. The highest BCUT2D eigenvalue weighted by atomic mass is 14.9. The van der Waals surface area contributed by atoms with E-state index in [1.165, 1.54) is 36.8 Å². The number of benzene rings is 1. The van der Waals surface area contributed by atoms with Gasteiger partial charge in [0, 0.05) is 6.04 Å². The average molecular weight is 233 g/mol. The van der Waals surface area contributed by atoms with Gasteiger partial charge in [-0.25, -0.2) is 0 Å². The summed E-state index contributed by atoms with van der Waals surface area (Å²) in [5.74, 6) is 0.825. The van der Waals surface area contributed by atoms with Crippen molar-refractivity contribution in [3.63, 3.8) is 0 Å². The zero-order chi connectivity index (χ0) is 12.7. The summed E-state index contributed by atoms with van der Waals surface area (Å²) in [5.41, 5.74) is 2.80. The molecule has 0 fully saturated rings. The van der Waals surface area contributed by atoms with Crippen LogP contribution in [0.25, 0.3) is 0 Å². The van der Waals surface area contributed by atoms with Gasteiger partial charge in [-0.15, -0.1) is 0 Å². The number of nitrogens with one attached hydrogen (secondary N) is 1. The Kier molecular flexibility index (Phi) is 6.28. The molecule has 2 unspecified atom stereocenters. The molecule has 1 aromatic rings. The SMILES string of the molecule is CCC(C)CC(CCc1ccc(C)cc1)NC. The highest BCUT2D eigenvalue weighted by Crippen LogP contribution is 2.14. The van der Waals surface area contributed by atoms with Gasteiger partial charge in [-0.1, -0.05) is 50.1 Å². The fraction of sp³-hybridized carbons (Fsp3) is 0.625. The van der Waals surface area contributed by atoms with Gasteiger partial charge in [0.25, 0.3) is 0 Å². The third-order valence-electron chi connectivity index (χ3n) is 3.69. The second-order valence-electron chi connectivity index (χ2n) is 5.26. The molecule has 17 heavy (non-hydrogen) atoms. The number of hydrogen-bond donors (Lipinski definition) is 1. The first-order valence-electron chi connectivity index (χ1n) is 6.88. The van der Waals surface area contributed by atoms with Gasteiger partial charge in [-0.05, 0) is 44.7 Å². The van der Waals surface area contributed by atoms with Crippen LogP contribution in [0.1, 0.15) is 44.2 Å². The molecule has 0 aliphatic rings. The first-order chi connectivity index (χ1) is 8.15. The van der Waals surface area contributed by atoms with Crippen molar-refractivity contribution in [3.05, 3.63) is 35.4 Å². The molecule has 0 radical (unpaired) electrons. The smallest absolute Gasteiger partial charge is 0.00697 e. The Morgan fingerprint density at radius 1 is 1.18 bits per heavy atom. The molecule has 0 heterocycles. The Labute approximate surface area is 107 Å². The molecule has 96 valence electrons. The predicted octanol–water partition coefficient (Wildman–Crippen LogP) is 3.95. The summed E-state index contributed by atoms with van der Waals surface area (Å²) in [6, 6.07) is 9.58. The minimum atomic E-state index is 0.659. The van der Waals surface area contributed by atoms with Crippen molar-refractivity contribution in [1.29, 1.82) is 0 Å². The van der Waals surface area contributed by atoms with Crippen LogP contribution in [0.3, 0.4) is 0 Å². The Morgan fingerprint density at radius 2 is 1.82 bits per heavy atom. The van der Waals surface area contributed by atoms with Crippen LogP contribution in [-0.2, 0) is 6.42 Å². The maximum Gasteiger partial charge on any atom is 0.00697 e. The minimum Gasteiger partial charge on any atom is -0.317 e. The van der Waals surface area contributed by atoms with Crippen LogP contribution in [0.4, 0.5) is 0 Å². The van der Waals surface area contributed by atoms with Crippen molar-refractivity contribution in [3.8, 4) is 0 Å². The van der Waals surface area contributed by atoms with E-state index in [2.05, 4.69) is 57.4 Å².